The van der Waals surface area contributed by atoms with E-state index < -0.39 is 5.97 Å². The van der Waals surface area contributed by atoms with Crippen LogP contribution in [0.25, 0.3) is 4.98 Å². The minimum absolute atomic E-state index is 0.388. The Hall–Kier alpha value is -1.41. The molecule has 0 N–H and O–H groups in total. The van der Waals surface area contributed by atoms with Gasteiger partial charge in [0, 0.05) is 4.88 Å². The van der Waals surface area contributed by atoms with E-state index in [4.69, 9.17) is 10.1 Å². The minimum atomic E-state index is -0.396. The molecule has 0 unspecified atom stereocenters. The highest BCUT2D eigenvalue weighted by Gasteiger charge is 2.32. The Labute approximate surface area is 97.9 Å². The third-order valence-electron chi connectivity index (χ3n) is 2.88. The van der Waals surface area contributed by atoms with Crippen molar-refractivity contribution in [2.45, 2.75) is 32.1 Å². The van der Waals surface area contributed by atoms with E-state index >= 15 is 0 Å². The molecule has 1 aromatic rings. The van der Waals surface area contributed by atoms with Gasteiger partial charge >= 0.3 is 11.0 Å². The van der Waals surface area contributed by atoms with Gasteiger partial charge in [0.15, 0.2) is 10.5 Å². The van der Waals surface area contributed by atoms with Gasteiger partial charge in [-0.3, -0.25) is 0 Å². The lowest BCUT2D eigenvalue weighted by Crippen LogP contribution is -2.04. The molecule has 0 amide bonds. The fourth-order valence-electron chi connectivity index (χ4n) is 2.11. The third kappa shape index (κ3) is 1.81. The summed E-state index contributed by atoms with van der Waals surface area (Å²) in [6.07, 6.45) is 5.26. The largest absolute Gasteiger partial charge is 0.465 e. The highest BCUT2D eigenvalue weighted by molar-refractivity contribution is 7.16. The summed E-state index contributed by atoms with van der Waals surface area (Å²) >= 11 is 1.40. The Kier molecular flexibility index (Phi) is 3.20. The fraction of sp³-hybridized carbons (Fsp3) is 0.545. The number of methoxy groups -OCH3 is 1. The third-order valence-corrected chi connectivity index (χ3v) is 4.06. The van der Waals surface area contributed by atoms with Crippen molar-refractivity contribution in [3.05, 3.63) is 21.0 Å². The summed E-state index contributed by atoms with van der Waals surface area (Å²) in [5, 5.41) is 9.30. The van der Waals surface area contributed by atoms with Crippen molar-refractivity contribution in [3.63, 3.8) is 0 Å². The lowest BCUT2D eigenvalue weighted by molar-refractivity contribution is 0.0601. The number of fused-ring (bicyclic) bond motifs is 1. The van der Waals surface area contributed by atoms with Crippen LogP contribution in [0.3, 0.4) is 0 Å². The molecule has 0 atom stereocenters. The Morgan fingerprint density at radius 1 is 1.38 bits per heavy atom. The maximum atomic E-state index is 11.7. The molecule has 0 spiro atoms. The van der Waals surface area contributed by atoms with Gasteiger partial charge in [-0.1, -0.05) is 6.42 Å². The molecule has 0 radical (unpaired) electrons. The van der Waals surface area contributed by atoms with E-state index in [0.717, 1.165) is 31.2 Å². The molecule has 0 saturated carbocycles. The summed E-state index contributed by atoms with van der Waals surface area (Å²) in [5.41, 5.74) is 1.49. The molecule has 1 aromatic heterocycles. The van der Waals surface area contributed by atoms with E-state index in [1.165, 1.54) is 29.7 Å². The molecule has 0 fully saturated rings. The predicted octanol–water partition coefficient (Wildman–Crippen LogP) is 3.29. The SMILES string of the molecule is COC(=O)c1c([N+]#N)sc2c1CCCCC2. The van der Waals surface area contributed by atoms with Crippen molar-refractivity contribution in [1.82, 2.24) is 0 Å². The first-order valence-electron chi connectivity index (χ1n) is 5.36. The molecule has 1 heterocycles. The second-order valence-electron chi connectivity index (χ2n) is 3.84. The Balaban J connectivity index is 2.52. The smallest absolute Gasteiger partial charge is 0.455 e. The molecule has 0 aliphatic heterocycles. The maximum absolute atomic E-state index is 11.7. The summed E-state index contributed by atoms with van der Waals surface area (Å²) in [6, 6.07) is 0. The summed E-state index contributed by atoms with van der Waals surface area (Å²) in [6.45, 7) is 0. The van der Waals surface area contributed by atoms with Crippen LogP contribution in [-0.4, -0.2) is 13.1 Å². The van der Waals surface area contributed by atoms with Crippen molar-refractivity contribution < 1.29 is 9.53 Å². The number of rotatable bonds is 1. The van der Waals surface area contributed by atoms with Gasteiger partial charge in [0.1, 0.15) is 0 Å². The molecule has 2 rings (SSSR count). The van der Waals surface area contributed by atoms with Crippen molar-refractivity contribution in [3.8, 4) is 0 Å². The molecular formula is C11H13N2O2S+. The summed E-state index contributed by atoms with van der Waals surface area (Å²) in [4.78, 5) is 16.0. The second-order valence-corrected chi connectivity index (χ2v) is 4.92. The van der Waals surface area contributed by atoms with E-state index in [-0.39, 0.29) is 0 Å². The second kappa shape index (κ2) is 4.62. The molecule has 16 heavy (non-hydrogen) atoms. The van der Waals surface area contributed by atoms with E-state index in [0.29, 0.717) is 10.6 Å². The Morgan fingerprint density at radius 3 is 2.81 bits per heavy atom. The number of hydrogen-bond acceptors (Lipinski definition) is 4. The zero-order valence-electron chi connectivity index (χ0n) is 9.15. The molecule has 1 aliphatic carbocycles. The van der Waals surface area contributed by atoms with Gasteiger partial charge < -0.3 is 4.74 Å². The maximum Gasteiger partial charge on any atom is 0.455 e. The Morgan fingerprint density at radius 2 is 2.12 bits per heavy atom. The number of diazo groups is 1. The van der Waals surface area contributed by atoms with Gasteiger partial charge in [-0.25, -0.2) is 4.79 Å². The molecule has 5 heteroatoms. The fourth-order valence-corrected chi connectivity index (χ4v) is 3.27. The van der Waals surface area contributed by atoms with Crippen LogP contribution in [-0.2, 0) is 17.6 Å². The molecule has 0 saturated heterocycles. The monoisotopic (exact) mass is 237 g/mol. The van der Waals surface area contributed by atoms with Crippen LogP contribution in [0.1, 0.15) is 40.1 Å². The van der Waals surface area contributed by atoms with Gasteiger partial charge in [-0.2, -0.15) is 0 Å². The number of esters is 1. The van der Waals surface area contributed by atoms with Gasteiger partial charge in [0.25, 0.3) is 0 Å². The van der Waals surface area contributed by atoms with E-state index in [9.17, 15) is 4.79 Å². The molecule has 0 bridgehead atoms. The van der Waals surface area contributed by atoms with Crippen molar-refractivity contribution in [1.29, 1.82) is 5.39 Å². The van der Waals surface area contributed by atoms with Crippen LogP contribution < -0.4 is 0 Å². The first kappa shape index (κ1) is 11.1. The molecule has 4 nitrogen and oxygen atoms in total. The number of nitrogens with zero attached hydrogens (tertiary/aromatic N) is 2. The first-order chi connectivity index (χ1) is 7.77. The number of carbonyl (C=O) groups is 1. The van der Waals surface area contributed by atoms with Crippen molar-refractivity contribution in [2.24, 2.45) is 0 Å². The molecular weight excluding hydrogens is 224 g/mol. The lowest BCUT2D eigenvalue weighted by Gasteiger charge is -1.99. The zero-order chi connectivity index (χ0) is 11.5. The summed E-state index contributed by atoms with van der Waals surface area (Å²) < 4.78 is 4.74. The average Bonchev–Trinajstić information content (AvgIpc) is 2.50. The van der Waals surface area contributed by atoms with Crippen LogP contribution in [0.4, 0.5) is 5.00 Å². The topological polar surface area (TPSA) is 54.5 Å². The van der Waals surface area contributed by atoms with Crippen LogP contribution >= 0.6 is 11.3 Å². The van der Waals surface area contributed by atoms with Crippen LogP contribution in [0, 0.1) is 5.39 Å². The van der Waals surface area contributed by atoms with Crippen molar-refractivity contribution >= 4 is 22.3 Å². The van der Waals surface area contributed by atoms with Gasteiger partial charge in [0.05, 0.1) is 7.11 Å². The Bertz CT molecular complexity index is 459. The lowest BCUT2D eigenvalue weighted by atomic mass is 10.1. The molecule has 0 aromatic carbocycles. The normalized spacial score (nSPS) is 14.8. The zero-order valence-corrected chi connectivity index (χ0v) is 9.97. The average molecular weight is 237 g/mol. The van der Waals surface area contributed by atoms with Gasteiger partial charge in [-0.15, -0.1) is 0 Å². The standard InChI is InChI=1S/C11H13N2O2S/c1-15-11(14)9-7-5-3-2-4-6-8(7)16-10(9)13-12/h2-6H2,1H3/q+1. The van der Waals surface area contributed by atoms with E-state index in [1.807, 2.05) is 0 Å². The van der Waals surface area contributed by atoms with Crippen LogP contribution in [0.2, 0.25) is 0 Å². The van der Waals surface area contributed by atoms with Crippen LogP contribution in [0.15, 0.2) is 0 Å². The first-order valence-corrected chi connectivity index (χ1v) is 6.17. The number of aryl methyl sites for hydroxylation is 1. The highest BCUT2D eigenvalue weighted by Crippen LogP contribution is 2.39. The minimum Gasteiger partial charge on any atom is -0.465 e. The number of hydrogen-bond donors (Lipinski definition) is 0. The highest BCUT2D eigenvalue weighted by atomic mass is 32.1. The predicted molar refractivity (Wildman–Crippen MR) is 61.7 cm³/mol. The van der Waals surface area contributed by atoms with E-state index in [2.05, 4.69) is 4.98 Å². The summed E-state index contributed by atoms with van der Waals surface area (Å²) in [7, 11) is 1.35. The quantitative estimate of drug-likeness (QED) is 0.428. The number of thiophene rings is 1. The van der Waals surface area contributed by atoms with E-state index in [1.54, 1.807) is 0 Å². The molecule has 1 aliphatic rings. The molecule has 84 valence electrons. The van der Waals surface area contributed by atoms with Crippen LogP contribution in [0.5, 0.6) is 0 Å². The number of carbonyl (C=O) groups excluding carboxylic acids is 1. The number of ether oxygens (including phenoxy) is 1. The summed E-state index contributed by atoms with van der Waals surface area (Å²) in [5.74, 6) is -0.396. The van der Waals surface area contributed by atoms with Crippen molar-refractivity contribution in [2.75, 3.05) is 7.11 Å². The van der Waals surface area contributed by atoms with Gasteiger partial charge in [0.2, 0.25) is 5.39 Å². The van der Waals surface area contributed by atoms with Gasteiger partial charge in [-0.05, 0) is 42.6 Å².